The van der Waals surface area contributed by atoms with Crippen molar-refractivity contribution in [1.29, 1.82) is 0 Å². The second kappa shape index (κ2) is 7.25. The number of rotatable bonds is 6. The monoisotopic (exact) mass is 363 g/mol. The Bertz CT molecular complexity index is 824. The zero-order valence-electron chi connectivity index (χ0n) is 14.3. The minimum Gasteiger partial charge on any atom is -0.468 e. The van der Waals surface area contributed by atoms with E-state index in [0.29, 0.717) is 11.3 Å². The van der Waals surface area contributed by atoms with Crippen LogP contribution in [0.15, 0.2) is 59.5 Å². The van der Waals surface area contributed by atoms with Crippen molar-refractivity contribution < 1.29 is 23.1 Å². The van der Waals surface area contributed by atoms with E-state index < -0.39 is 28.1 Å². The van der Waals surface area contributed by atoms with E-state index in [0.717, 1.165) is 4.31 Å². The summed E-state index contributed by atoms with van der Waals surface area (Å²) in [6.07, 6.45) is 0. The number of carbonyl (C=O) groups is 1. The SMILES string of the molecule is COC(=O)CN(c1ccc(C(C)(C)O)cc1)S(=O)(=O)c1ccccc1. The maximum atomic E-state index is 12.9. The highest BCUT2D eigenvalue weighted by Crippen LogP contribution is 2.27. The molecule has 2 aromatic carbocycles. The van der Waals surface area contributed by atoms with Crippen molar-refractivity contribution in [3.05, 3.63) is 60.2 Å². The molecular formula is C18H21NO5S. The van der Waals surface area contributed by atoms with Gasteiger partial charge in [-0.2, -0.15) is 0 Å². The number of methoxy groups -OCH3 is 1. The number of aliphatic hydroxyl groups is 1. The van der Waals surface area contributed by atoms with Gasteiger partial charge in [-0.25, -0.2) is 8.42 Å². The maximum absolute atomic E-state index is 12.9. The Morgan fingerprint density at radius 1 is 1.08 bits per heavy atom. The van der Waals surface area contributed by atoms with Gasteiger partial charge in [-0.1, -0.05) is 30.3 Å². The van der Waals surface area contributed by atoms with Crippen LogP contribution >= 0.6 is 0 Å². The number of nitrogens with zero attached hydrogens (tertiary/aromatic N) is 1. The molecule has 0 spiro atoms. The third-order valence-corrected chi connectivity index (χ3v) is 5.48. The van der Waals surface area contributed by atoms with Gasteiger partial charge in [0.05, 0.1) is 23.3 Å². The van der Waals surface area contributed by atoms with Crippen LogP contribution in [0.3, 0.4) is 0 Å². The zero-order chi connectivity index (χ0) is 18.7. The molecule has 0 aliphatic heterocycles. The van der Waals surface area contributed by atoms with Crippen LogP contribution in [0.5, 0.6) is 0 Å². The number of anilines is 1. The van der Waals surface area contributed by atoms with Crippen molar-refractivity contribution >= 4 is 21.7 Å². The average Bonchev–Trinajstić information content (AvgIpc) is 2.59. The third kappa shape index (κ3) is 4.37. The van der Waals surface area contributed by atoms with Gasteiger partial charge in [-0.3, -0.25) is 9.10 Å². The van der Waals surface area contributed by atoms with E-state index >= 15 is 0 Å². The molecule has 7 heteroatoms. The van der Waals surface area contributed by atoms with E-state index in [1.165, 1.54) is 19.2 Å². The molecule has 0 saturated heterocycles. The van der Waals surface area contributed by atoms with Crippen LogP contribution in [-0.4, -0.2) is 33.1 Å². The lowest BCUT2D eigenvalue weighted by atomic mass is 9.98. The van der Waals surface area contributed by atoms with Gasteiger partial charge in [0.25, 0.3) is 10.0 Å². The Hall–Kier alpha value is -2.38. The zero-order valence-corrected chi connectivity index (χ0v) is 15.2. The molecule has 0 amide bonds. The van der Waals surface area contributed by atoms with Crippen LogP contribution in [0.2, 0.25) is 0 Å². The van der Waals surface area contributed by atoms with Crippen LogP contribution < -0.4 is 4.31 Å². The summed E-state index contributed by atoms with van der Waals surface area (Å²) < 4.78 is 31.5. The Morgan fingerprint density at radius 2 is 1.64 bits per heavy atom. The summed E-state index contributed by atoms with van der Waals surface area (Å²) in [6.45, 7) is 2.82. The van der Waals surface area contributed by atoms with E-state index in [-0.39, 0.29) is 4.90 Å². The second-order valence-electron chi connectivity index (χ2n) is 6.01. The Balaban J connectivity index is 2.48. The molecule has 2 rings (SSSR count). The first-order valence-electron chi connectivity index (χ1n) is 7.64. The fourth-order valence-electron chi connectivity index (χ4n) is 2.25. The predicted molar refractivity (Wildman–Crippen MR) is 94.7 cm³/mol. The Labute approximate surface area is 147 Å². The number of ether oxygens (including phenoxy) is 1. The molecule has 134 valence electrons. The van der Waals surface area contributed by atoms with E-state index in [1.807, 2.05) is 0 Å². The largest absolute Gasteiger partial charge is 0.468 e. The summed E-state index contributed by atoms with van der Waals surface area (Å²) in [5.41, 5.74) is -0.113. The molecule has 0 radical (unpaired) electrons. The van der Waals surface area contributed by atoms with Gasteiger partial charge in [0, 0.05) is 0 Å². The lowest BCUT2D eigenvalue weighted by Gasteiger charge is -2.24. The van der Waals surface area contributed by atoms with Crippen LogP contribution in [0.4, 0.5) is 5.69 Å². The summed E-state index contributed by atoms with van der Waals surface area (Å²) in [7, 11) is -2.74. The molecule has 6 nitrogen and oxygen atoms in total. The summed E-state index contributed by atoms with van der Waals surface area (Å²) in [5, 5.41) is 10.0. The van der Waals surface area contributed by atoms with Crippen LogP contribution in [-0.2, 0) is 25.2 Å². The highest BCUT2D eigenvalue weighted by atomic mass is 32.2. The van der Waals surface area contributed by atoms with Crippen molar-refractivity contribution in [1.82, 2.24) is 0 Å². The van der Waals surface area contributed by atoms with E-state index in [2.05, 4.69) is 4.74 Å². The van der Waals surface area contributed by atoms with Crippen molar-refractivity contribution in [2.24, 2.45) is 0 Å². The predicted octanol–water partition coefficient (Wildman–Crippen LogP) is 2.28. The first kappa shape index (κ1) is 19.0. The maximum Gasteiger partial charge on any atom is 0.326 e. The van der Waals surface area contributed by atoms with Crippen molar-refractivity contribution in [3.8, 4) is 0 Å². The minimum absolute atomic E-state index is 0.0745. The van der Waals surface area contributed by atoms with Gasteiger partial charge in [-0.05, 0) is 43.7 Å². The van der Waals surface area contributed by atoms with E-state index in [9.17, 15) is 18.3 Å². The van der Waals surface area contributed by atoms with Gasteiger partial charge >= 0.3 is 5.97 Å². The number of hydrogen-bond donors (Lipinski definition) is 1. The topological polar surface area (TPSA) is 83.9 Å². The number of esters is 1. The molecule has 0 aliphatic rings. The first-order valence-corrected chi connectivity index (χ1v) is 9.08. The van der Waals surface area contributed by atoms with Gasteiger partial charge in [0.1, 0.15) is 6.54 Å². The Morgan fingerprint density at radius 3 is 2.12 bits per heavy atom. The van der Waals surface area contributed by atoms with Crippen molar-refractivity contribution in [2.45, 2.75) is 24.3 Å². The Kier molecular flexibility index (Phi) is 5.49. The molecular weight excluding hydrogens is 342 g/mol. The lowest BCUT2D eigenvalue weighted by molar-refractivity contribution is -0.138. The van der Waals surface area contributed by atoms with Gasteiger partial charge in [-0.15, -0.1) is 0 Å². The van der Waals surface area contributed by atoms with E-state index in [1.54, 1.807) is 56.3 Å². The molecule has 0 unspecified atom stereocenters. The summed E-state index contributed by atoms with van der Waals surface area (Å²) in [6, 6.07) is 14.2. The lowest BCUT2D eigenvalue weighted by Crippen LogP contribution is -2.36. The van der Waals surface area contributed by atoms with Gasteiger partial charge in [0.15, 0.2) is 0 Å². The van der Waals surface area contributed by atoms with Gasteiger partial charge in [0.2, 0.25) is 0 Å². The van der Waals surface area contributed by atoms with Crippen molar-refractivity contribution in [3.63, 3.8) is 0 Å². The molecule has 25 heavy (non-hydrogen) atoms. The average molecular weight is 363 g/mol. The second-order valence-corrected chi connectivity index (χ2v) is 7.87. The molecule has 0 aromatic heterocycles. The van der Waals surface area contributed by atoms with E-state index in [4.69, 9.17) is 0 Å². The van der Waals surface area contributed by atoms with Gasteiger partial charge < -0.3 is 9.84 Å². The first-order chi connectivity index (χ1) is 11.7. The molecule has 1 N–H and O–H groups in total. The summed E-state index contributed by atoms with van der Waals surface area (Å²) in [5.74, 6) is -0.675. The fourth-order valence-corrected chi connectivity index (χ4v) is 3.68. The van der Waals surface area contributed by atoms with Crippen LogP contribution in [0.1, 0.15) is 19.4 Å². The minimum atomic E-state index is -3.94. The highest BCUT2D eigenvalue weighted by molar-refractivity contribution is 7.92. The summed E-state index contributed by atoms with van der Waals surface area (Å²) >= 11 is 0. The molecule has 0 bridgehead atoms. The molecule has 2 aromatic rings. The standard InChI is InChI=1S/C18H21NO5S/c1-18(2,21)14-9-11-15(12-10-14)19(13-17(20)24-3)25(22,23)16-7-5-4-6-8-16/h4-12,21H,13H2,1-3H3. The number of benzene rings is 2. The third-order valence-electron chi connectivity index (χ3n) is 3.69. The van der Waals surface area contributed by atoms with Crippen molar-refractivity contribution in [2.75, 3.05) is 18.0 Å². The number of hydrogen-bond acceptors (Lipinski definition) is 5. The molecule has 0 atom stereocenters. The molecule has 0 saturated carbocycles. The number of sulfonamides is 1. The van der Waals surface area contributed by atoms with Crippen LogP contribution in [0.25, 0.3) is 0 Å². The quantitative estimate of drug-likeness (QED) is 0.796. The molecule has 0 fully saturated rings. The molecule has 0 aliphatic carbocycles. The normalized spacial score (nSPS) is 11.8. The summed E-state index contributed by atoms with van der Waals surface area (Å²) in [4.78, 5) is 11.8. The fraction of sp³-hybridized carbons (Fsp3) is 0.278. The smallest absolute Gasteiger partial charge is 0.326 e. The molecule has 0 heterocycles. The van der Waals surface area contributed by atoms with Crippen LogP contribution in [0, 0.1) is 0 Å². The number of carbonyl (C=O) groups excluding carboxylic acids is 1. The highest BCUT2D eigenvalue weighted by Gasteiger charge is 2.28.